The van der Waals surface area contributed by atoms with E-state index in [2.05, 4.69) is 14.9 Å². The maximum Gasteiger partial charge on any atom is 0.305 e. The molecule has 2 heterocycles. The third-order valence-corrected chi connectivity index (χ3v) is 3.39. The number of hydrogen-bond acceptors (Lipinski definition) is 5. The lowest BCUT2D eigenvalue weighted by molar-refractivity contribution is -0.138. The number of ether oxygens (including phenoxy) is 1. The van der Waals surface area contributed by atoms with Gasteiger partial charge in [-0.3, -0.25) is 4.79 Å². The topological polar surface area (TPSA) is 75.5 Å². The molecule has 2 rings (SSSR count). The van der Waals surface area contributed by atoms with Crippen molar-refractivity contribution in [3.63, 3.8) is 0 Å². The Bertz CT molecular complexity index is 450. The van der Waals surface area contributed by atoms with Crippen LogP contribution >= 0.6 is 0 Å². The first-order valence-electron chi connectivity index (χ1n) is 6.95. The van der Waals surface area contributed by atoms with E-state index in [-0.39, 0.29) is 12.5 Å². The standard InChI is InChI=1S/C14H21N3O3/c1-10-9-13(16-11(2)15-10)17-6-3-12(4-7-17)20-8-5-14(18)19/h9,12H,3-8H2,1-2H3,(H,18,19). The van der Waals surface area contributed by atoms with Crippen LogP contribution in [0, 0.1) is 13.8 Å². The number of carbonyl (C=O) groups is 1. The average molecular weight is 279 g/mol. The monoisotopic (exact) mass is 279 g/mol. The van der Waals surface area contributed by atoms with Crippen molar-refractivity contribution in [2.75, 3.05) is 24.6 Å². The minimum atomic E-state index is -0.811. The van der Waals surface area contributed by atoms with Crippen molar-refractivity contribution < 1.29 is 14.6 Å². The summed E-state index contributed by atoms with van der Waals surface area (Å²) in [6.45, 7) is 5.94. The highest BCUT2D eigenvalue weighted by atomic mass is 16.5. The van der Waals surface area contributed by atoms with Gasteiger partial charge < -0.3 is 14.7 Å². The molecule has 6 heteroatoms. The first-order valence-corrected chi connectivity index (χ1v) is 6.95. The highest BCUT2D eigenvalue weighted by molar-refractivity contribution is 5.66. The Morgan fingerprint density at radius 2 is 2.10 bits per heavy atom. The first-order chi connectivity index (χ1) is 9.54. The zero-order valence-corrected chi connectivity index (χ0v) is 12.0. The molecule has 1 aliphatic rings. The number of rotatable bonds is 5. The number of nitrogens with zero attached hydrogens (tertiary/aromatic N) is 3. The van der Waals surface area contributed by atoms with E-state index in [0.717, 1.165) is 43.3 Å². The Labute approximate surface area is 118 Å². The second kappa shape index (κ2) is 6.65. The van der Waals surface area contributed by atoms with Crippen LogP contribution in [-0.4, -0.2) is 46.8 Å². The summed E-state index contributed by atoms with van der Waals surface area (Å²) >= 11 is 0. The Morgan fingerprint density at radius 3 is 2.70 bits per heavy atom. The average Bonchev–Trinajstić information content (AvgIpc) is 2.38. The molecule has 0 aliphatic carbocycles. The molecule has 0 aromatic carbocycles. The fourth-order valence-electron chi connectivity index (χ4n) is 2.42. The van der Waals surface area contributed by atoms with Gasteiger partial charge in [0.25, 0.3) is 0 Å². The summed E-state index contributed by atoms with van der Waals surface area (Å²) in [6, 6.07) is 2.00. The minimum Gasteiger partial charge on any atom is -0.481 e. The number of carboxylic acids is 1. The molecular weight excluding hydrogens is 258 g/mol. The van der Waals surface area contributed by atoms with Crippen LogP contribution in [0.15, 0.2) is 6.07 Å². The smallest absolute Gasteiger partial charge is 0.305 e. The van der Waals surface area contributed by atoms with Crippen molar-refractivity contribution in [1.29, 1.82) is 0 Å². The molecule has 1 aromatic heterocycles. The van der Waals surface area contributed by atoms with Gasteiger partial charge in [0, 0.05) is 24.8 Å². The number of carboxylic acid groups (broad SMARTS) is 1. The van der Waals surface area contributed by atoms with Gasteiger partial charge in [-0.25, -0.2) is 9.97 Å². The molecule has 1 saturated heterocycles. The third kappa shape index (κ3) is 4.16. The van der Waals surface area contributed by atoms with Crippen LogP contribution in [0.1, 0.15) is 30.8 Å². The van der Waals surface area contributed by atoms with Crippen LogP contribution in [0.5, 0.6) is 0 Å². The molecule has 6 nitrogen and oxygen atoms in total. The van der Waals surface area contributed by atoms with Gasteiger partial charge >= 0.3 is 5.97 Å². The molecular formula is C14H21N3O3. The molecule has 1 N–H and O–H groups in total. The van der Waals surface area contributed by atoms with E-state index in [9.17, 15) is 4.79 Å². The third-order valence-electron chi connectivity index (χ3n) is 3.39. The van der Waals surface area contributed by atoms with Crippen LogP contribution in [0.2, 0.25) is 0 Å². The first kappa shape index (κ1) is 14.7. The molecule has 0 radical (unpaired) electrons. The summed E-state index contributed by atoms with van der Waals surface area (Å²) < 4.78 is 5.59. The summed E-state index contributed by atoms with van der Waals surface area (Å²) in [7, 11) is 0. The molecule has 0 saturated carbocycles. The molecule has 20 heavy (non-hydrogen) atoms. The van der Waals surface area contributed by atoms with Gasteiger partial charge in [-0.05, 0) is 26.7 Å². The van der Waals surface area contributed by atoms with E-state index in [1.807, 2.05) is 19.9 Å². The van der Waals surface area contributed by atoms with Crippen LogP contribution in [-0.2, 0) is 9.53 Å². The quantitative estimate of drug-likeness (QED) is 0.881. The van der Waals surface area contributed by atoms with Gasteiger partial charge in [0.2, 0.25) is 0 Å². The largest absolute Gasteiger partial charge is 0.481 e. The van der Waals surface area contributed by atoms with Crippen molar-refractivity contribution in [1.82, 2.24) is 9.97 Å². The maximum atomic E-state index is 10.4. The fourth-order valence-corrected chi connectivity index (χ4v) is 2.42. The Morgan fingerprint density at radius 1 is 1.40 bits per heavy atom. The Hall–Kier alpha value is -1.69. The number of aryl methyl sites for hydroxylation is 2. The van der Waals surface area contributed by atoms with E-state index in [1.165, 1.54) is 0 Å². The van der Waals surface area contributed by atoms with Crippen LogP contribution in [0.3, 0.4) is 0 Å². The highest BCUT2D eigenvalue weighted by Crippen LogP contribution is 2.20. The fraction of sp³-hybridized carbons (Fsp3) is 0.643. The number of hydrogen-bond donors (Lipinski definition) is 1. The van der Waals surface area contributed by atoms with Crippen molar-refractivity contribution in [3.05, 3.63) is 17.6 Å². The zero-order valence-electron chi connectivity index (χ0n) is 12.0. The minimum absolute atomic E-state index is 0.0739. The van der Waals surface area contributed by atoms with Gasteiger partial charge in [-0.2, -0.15) is 0 Å². The molecule has 1 aliphatic heterocycles. The molecule has 1 aromatic rings. The second-order valence-corrected chi connectivity index (χ2v) is 5.12. The summed E-state index contributed by atoms with van der Waals surface area (Å²) in [4.78, 5) is 21.4. The highest BCUT2D eigenvalue weighted by Gasteiger charge is 2.21. The van der Waals surface area contributed by atoms with Gasteiger partial charge in [-0.15, -0.1) is 0 Å². The van der Waals surface area contributed by atoms with Gasteiger partial charge in [0.1, 0.15) is 11.6 Å². The summed E-state index contributed by atoms with van der Waals surface area (Å²) in [5.74, 6) is 0.952. The van der Waals surface area contributed by atoms with Gasteiger partial charge in [-0.1, -0.05) is 0 Å². The van der Waals surface area contributed by atoms with Crippen molar-refractivity contribution >= 4 is 11.8 Å². The lowest BCUT2D eigenvalue weighted by atomic mass is 10.1. The van der Waals surface area contributed by atoms with Crippen LogP contribution in [0.25, 0.3) is 0 Å². The van der Waals surface area contributed by atoms with Gasteiger partial charge in [0.05, 0.1) is 19.1 Å². The van der Waals surface area contributed by atoms with E-state index in [4.69, 9.17) is 9.84 Å². The molecule has 0 bridgehead atoms. The maximum absolute atomic E-state index is 10.4. The van der Waals surface area contributed by atoms with E-state index < -0.39 is 5.97 Å². The molecule has 0 spiro atoms. The lowest BCUT2D eigenvalue weighted by Crippen LogP contribution is -2.37. The number of aliphatic carboxylic acids is 1. The summed E-state index contributed by atoms with van der Waals surface area (Å²) in [6.07, 6.45) is 2.04. The molecule has 0 atom stereocenters. The lowest BCUT2D eigenvalue weighted by Gasteiger charge is -2.32. The molecule has 0 unspecified atom stereocenters. The number of aromatic nitrogens is 2. The Balaban J connectivity index is 1.83. The zero-order chi connectivity index (χ0) is 14.5. The Kier molecular flexibility index (Phi) is 4.89. The van der Waals surface area contributed by atoms with Crippen molar-refractivity contribution in [2.45, 2.75) is 39.2 Å². The second-order valence-electron chi connectivity index (χ2n) is 5.12. The van der Waals surface area contributed by atoms with E-state index in [1.54, 1.807) is 0 Å². The summed E-state index contributed by atoms with van der Waals surface area (Å²) in [5.41, 5.74) is 0.979. The van der Waals surface area contributed by atoms with Crippen molar-refractivity contribution in [3.8, 4) is 0 Å². The predicted molar refractivity (Wildman–Crippen MR) is 74.9 cm³/mol. The van der Waals surface area contributed by atoms with E-state index >= 15 is 0 Å². The van der Waals surface area contributed by atoms with Crippen LogP contribution < -0.4 is 4.90 Å². The van der Waals surface area contributed by atoms with E-state index in [0.29, 0.717) is 6.61 Å². The summed E-state index contributed by atoms with van der Waals surface area (Å²) in [5, 5.41) is 8.58. The van der Waals surface area contributed by atoms with Crippen molar-refractivity contribution in [2.24, 2.45) is 0 Å². The molecule has 1 fully saturated rings. The SMILES string of the molecule is Cc1cc(N2CCC(OCCC(=O)O)CC2)nc(C)n1. The molecule has 0 amide bonds. The predicted octanol–water partition coefficient (Wildman–Crippen LogP) is 1.55. The molecule has 110 valence electrons. The van der Waals surface area contributed by atoms with Crippen LogP contribution in [0.4, 0.5) is 5.82 Å². The normalized spacial score (nSPS) is 16.4. The number of piperidine rings is 1. The number of anilines is 1. The van der Waals surface area contributed by atoms with Gasteiger partial charge in [0.15, 0.2) is 0 Å².